The first-order valence-corrected chi connectivity index (χ1v) is 7.36. The Morgan fingerprint density at radius 1 is 1.19 bits per heavy atom. The quantitative estimate of drug-likeness (QED) is 0.577. The third-order valence-corrected chi connectivity index (χ3v) is 5.77. The molecule has 0 saturated heterocycles. The molecule has 1 aliphatic carbocycles. The molecule has 1 aliphatic rings. The van der Waals surface area contributed by atoms with Crippen LogP contribution in [0.5, 0.6) is 0 Å². The molecular formula is C16H32. The van der Waals surface area contributed by atoms with E-state index >= 15 is 0 Å². The van der Waals surface area contributed by atoms with E-state index in [1.54, 1.807) is 0 Å². The lowest BCUT2D eigenvalue weighted by atomic mass is 9.49. The molecule has 16 heavy (non-hydrogen) atoms. The average molecular weight is 224 g/mol. The molecule has 1 fully saturated rings. The maximum atomic E-state index is 2.57. The van der Waals surface area contributed by atoms with Crippen LogP contribution >= 0.6 is 0 Å². The van der Waals surface area contributed by atoms with E-state index < -0.39 is 0 Å². The van der Waals surface area contributed by atoms with Gasteiger partial charge in [-0.15, -0.1) is 0 Å². The maximum Gasteiger partial charge on any atom is -0.0223 e. The highest BCUT2D eigenvalue weighted by molar-refractivity contribution is 4.99. The first-order valence-electron chi connectivity index (χ1n) is 7.36. The highest BCUT2D eigenvalue weighted by Gasteiger charge is 2.50. The monoisotopic (exact) mass is 224 g/mol. The highest BCUT2D eigenvalue weighted by Crippen LogP contribution is 2.58. The van der Waals surface area contributed by atoms with Crippen molar-refractivity contribution < 1.29 is 0 Å². The van der Waals surface area contributed by atoms with E-state index in [-0.39, 0.29) is 0 Å². The maximum absolute atomic E-state index is 2.57. The fraction of sp³-hybridized carbons (Fsp3) is 1.00. The Hall–Kier alpha value is 0. The second-order valence-corrected chi connectivity index (χ2v) is 7.05. The van der Waals surface area contributed by atoms with Gasteiger partial charge in [-0.2, -0.15) is 0 Å². The van der Waals surface area contributed by atoms with Crippen LogP contribution in [0.3, 0.4) is 0 Å². The largest absolute Gasteiger partial charge is 0.0654 e. The van der Waals surface area contributed by atoms with E-state index in [1.807, 2.05) is 0 Å². The molecule has 0 aromatic heterocycles. The van der Waals surface area contributed by atoms with Gasteiger partial charge < -0.3 is 0 Å². The van der Waals surface area contributed by atoms with Gasteiger partial charge in [-0.1, -0.05) is 60.8 Å². The molecule has 0 heterocycles. The van der Waals surface area contributed by atoms with Crippen LogP contribution in [0.4, 0.5) is 0 Å². The van der Waals surface area contributed by atoms with Gasteiger partial charge in [-0.3, -0.25) is 0 Å². The fourth-order valence-corrected chi connectivity index (χ4v) is 4.06. The summed E-state index contributed by atoms with van der Waals surface area (Å²) in [6.45, 7) is 14.8. The first-order chi connectivity index (χ1) is 7.36. The van der Waals surface area contributed by atoms with Crippen LogP contribution in [0.15, 0.2) is 0 Å². The predicted octanol–water partition coefficient (Wildman–Crippen LogP) is 5.67. The molecule has 0 aromatic rings. The predicted molar refractivity (Wildman–Crippen MR) is 73.6 cm³/mol. The highest BCUT2D eigenvalue weighted by atomic mass is 14.5. The number of hydrogen-bond donors (Lipinski definition) is 0. The average Bonchev–Trinajstić information content (AvgIpc) is 2.19. The van der Waals surface area contributed by atoms with Gasteiger partial charge >= 0.3 is 0 Å². The SMILES string of the molecule is CCCCC1CCCC(C)(C)C1(C)C(C)C. The number of rotatable bonds is 4. The standard InChI is InChI=1S/C16H32/c1-7-8-10-14-11-9-12-15(4,5)16(14,6)13(2)3/h13-14H,7-12H2,1-6H3. The fourth-order valence-electron chi connectivity index (χ4n) is 4.06. The van der Waals surface area contributed by atoms with Crippen LogP contribution < -0.4 is 0 Å². The molecule has 2 unspecified atom stereocenters. The molecular weight excluding hydrogens is 192 g/mol. The van der Waals surface area contributed by atoms with E-state index in [0.29, 0.717) is 10.8 Å². The zero-order chi connectivity index (χ0) is 12.4. The molecule has 0 aliphatic heterocycles. The Morgan fingerprint density at radius 2 is 1.81 bits per heavy atom. The smallest absolute Gasteiger partial charge is 0.0223 e. The topological polar surface area (TPSA) is 0 Å². The van der Waals surface area contributed by atoms with Gasteiger partial charge in [0, 0.05) is 0 Å². The van der Waals surface area contributed by atoms with Crippen LogP contribution in [-0.4, -0.2) is 0 Å². The molecule has 96 valence electrons. The summed E-state index contributed by atoms with van der Waals surface area (Å²) in [4.78, 5) is 0. The second kappa shape index (κ2) is 5.10. The molecule has 2 atom stereocenters. The van der Waals surface area contributed by atoms with Gasteiger partial charge in [0.2, 0.25) is 0 Å². The van der Waals surface area contributed by atoms with Crippen LogP contribution in [-0.2, 0) is 0 Å². The minimum atomic E-state index is 0.526. The van der Waals surface area contributed by atoms with Gasteiger partial charge in [-0.05, 0) is 41.9 Å². The van der Waals surface area contributed by atoms with Crippen molar-refractivity contribution in [1.82, 2.24) is 0 Å². The normalized spacial score (nSPS) is 34.3. The van der Waals surface area contributed by atoms with E-state index in [0.717, 1.165) is 11.8 Å². The number of hydrogen-bond acceptors (Lipinski definition) is 0. The summed E-state index contributed by atoms with van der Waals surface area (Å²) in [7, 11) is 0. The minimum absolute atomic E-state index is 0.526. The van der Waals surface area contributed by atoms with Crippen molar-refractivity contribution >= 4 is 0 Å². The van der Waals surface area contributed by atoms with Crippen molar-refractivity contribution in [3.8, 4) is 0 Å². The summed E-state index contributed by atoms with van der Waals surface area (Å²) >= 11 is 0. The number of unbranched alkanes of at least 4 members (excludes halogenated alkanes) is 1. The molecule has 0 nitrogen and oxygen atoms in total. The van der Waals surface area contributed by atoms with Gasteiger partial charge in [0.1, 0.15) is 0 Å². The Morgan fingerprint density at radius 3 is 2.31 bits per heavy atom. The zero-order valence-corrected chi connectivity index (χ0v) is 12.4. The van der Waals surface area contributed by atoms with Crippen molar-refractivity contribution in [3.05, 3.63) is 0 Å². The molecule has 0 heteroatoms. The molecule has 0 amide bonds. The van der Waals surface area contributed by atoms with Gasteiger partial charge in [0.15, 0.2) is 0 Å². The Kier molecular flexibility index (Phi) is 4.49. The summed E-state index contributed by atoms with van der Waals surface area (Å²) in [5, 5.41) is 0. The van der Waals surface area contributed by atoms with Crippen molar-refractivity contribution in [1.29, 1.82) is 0 Å². The van der Waals surface area contributed by atoms with Crippen molar-refractivity contribution in [3.63, 3.8) is 0 Å². The van der Waals surface area contributed by atoms with Crippen molar-refractivity contribution in [2.75, 3.05) is 0 Å². The summed E-state index contributed by atoms with van der Waals surface area (Å²) in [5.41, 5.74) is 1.07. The van der Waals surface area contributed by atoms with E-state index in [4.69, 9.17) is 0 Å². The van der Waals surface area contributed by atoms with Gasteiger partial charge in [0.25, 0.3) is 0 Å². The summed E-state index contributed by atoms with van der Waals surface area (Å²) < 4.78 is 0. The van der Waals surface area contributed by atoms with E-state index in [2.05, 4.69) is 41.5 Å². The Labute approximate surface area is 103 Å². The first kappa shape index (κ1) is 14.1. The molecule has 0 spiro atoms. The van der Waals surface area contributed by atoms with Gasteiger partial charge in [-0.25, -0.2) is 0 Å². The summed E-state index contributed by atoms with van der Waals surface area (Å²) in [6, 6.07) is 0. The Balaban J connectivity index is 2.88. The molecule has 0 aromatic carbocycles. The molecule has 0 bridgehead atoms. The van der Waals surface area contributed by atoms with Crippen molar-refractivity contribution in [2.45, 2.75) is 80.1 Å². The second-order valence-electron chi connectivity index (χ2n) is 7.05. The molecule has 0 N–H and O–H groups in total. The lowest BCUT2D eigenvalue weighted by Crippen LogP contribution is -2.48. The molecule has 1 rings (SSSR count). The minimum Gasteiger partial charge on any atom is -0.0654 e. The lowest BCUT2D eigenvalue weighted by Gasteiger charge is -2.56. The summed E-state index contributed by atoms with van der Waals surface area (Å²) in [6.07, 6.45) is 8.56. The van der Waals surface area contributed by atoms with E-state index in [1.165, 1.54) is 38.5 Å². The van der Waals surface area contributed by atoms with E-state index in [9.17, 15) is 0 Å². The van der Waals surface area contributed by atoms with Crippen molar-refractivity contribution in [2.24, 2.45) is 22.7 Å². The third kappa shape index (κ3) is 2.31. The van der Waals surface area contributed by atoms with Crippen LogP contribution in [0, 0.1) is 22.7 Å². The summed E-state index contributed by atoms with van der Waals surface area (Å²) in [5.74, 6) is 1.76. The van der Waals surface area contributed by atoms with Crippen LogP contribution in [0.1, 0.15) is 80.1 Å². The van der Waals surface area contributed by atoms with Gasteiger partial charge in [0.05, 0.1) is 0 Å². The molecule has 1 saturated carbocycles. The third-order valence-electron chi connectivity index (χ3n) is 5.77. The zero-order valence-electron chi connectivity index (χ0n) is 12.4. The lowest BCUT2D eigenvalue weighted by molar-refractivity contribution is -0.0681. The van der Waals surface area contributed by atoms with Crippen LogP contribution in [0.25, 0.3) is 0 Å². The van der Waals surface area contributed by atoms with Crippen LogP contribution in [0.2, 0.25) is 0 Å². The Bertz CT molecular complexity index is 214. The molecule has 0 radical (unpaired) electrons.